The third kappa shape index (κ3) is 3.83. The normalized spacial score (nSPS) is 33.5. The van der Waals surface area contributed by atoms with E-state index in [1.165, 1.54) is 0 Å². The summed E-state index contributed by atoms with van der Waals surface area (Å²) in [7, 11) is 0. The number of nitrogens with one attached hydrogen (secondary N) is 1. The number of carbonyl (C=O) groups excluding carboxylic acids is 1. The van der Waals surface area contributed by atoms with Crippen LogP contribution in [-0.2, 0) is 4.74 Å². The molecule has 17 heavy (non-hydrogen) atoms. The predicted molar refractivity (Wildman–Crippen MR) is 60.4 cm³/mol. The molecule has 4 N–H and O–H groups in total. The standard InChI is InChI=1S/C11H21NO5/c1-11(2,3)17-10(16)12-7-4-6(5-13)8(14)9(7)15/h6-9,13-15H,4-5H2,1-3H3,(H,12,16)/t6-,7+,8+,9-/m0/s1. The van der Waals surface area contributed by atoms with Crippen LogP contribution in [0.1, 0.15) is 27.2 Å². The number of rotatable bonds is 2. The van der Waals surface area contributed by atoms with Gasteiger partial charge in [0.2, 0.25) is 0 Å². The van der Waals surface area contributed by atoms with E-state index in [0.29, 0.717) is 6.42 Å². The average molecular weight is 247 g/mol. The Morgan fingerprint density at radius 1 is 1.35 bits per heavy atom. The van der Waals surface area contributed by atoms with E-state index in [4.69, 9.17) is 9.84 Å². The van der Waals surface area contributed by atoms with E-state index in [2.05, 4.69) is 5.32 Å². The van der Waals surface area contributed by atoms with Crippen LogP contribution in [0.3, 0.4) is 0 Å². The number of aliphatic hydroxyl groups is 3. The number of carbonyl (C=O) groups is 1. The fourth-order valence-corrected chi connectivity index (χ4v) is 1.91. The maximum atomic E-state index is 11.5. The minimum Gasteiger partial charge on any atom is -0.444 e. The molecule has 1 aliphatic carbocycles. The molecular weight excluding hydrogens is 226 g/mol. The zero-order chi connectivity index (χ0) is 13.2. The van der Waals surface area contributed by atoms with E-state index >= 15 is 0 Å². The van der Waals surface area contributed by atoms with Gasteiger partial charge in [0.1, 0.15) is 11.7 Å². The van der Waals surface area contributed by atoms with E-state index in [0.717, 1.165) is 0 Å². The average Bonchev–Trinajstić information content (AvgIpc) is 2.43. The summed E-state index contributed by atoms with van der Waals surface area (Å²) in [6.45, 7) is 5.00. The number of aliphatic hydroxyl groups excluding tert-OH is 3. The van der Waals surface area contributed by atoms with Crippen molar-refractivity contribution in [2.75, 3.05) is 6.61 Å². The topological polar surface area (TPSA) is 99.0 Å². The molecule has 0 aliphatic heterocycles. The quantitative estimate of drug-likeness (QED) is 0.533. The van der Waals surface area contributed by atoms with Crippen LogP contribution in [0.4, 0.5) is 4.79 Å². The van der Waals surface area contributed by atoms with Crippen molar-refractivity contribution in [3.8, 4) is 0 Å². The summed E-state index contributed by atoms with van der Waals surface area (Å²) in [6, 6.07) is -0.586. The van der Waals surface area contributed by atoms with Crippen molar-refractivity contribution in [1.29, 1.82) is 0 Å². The Hall–Kier alpha value is -0.850. The van der Waals surface area contributed by atoms with E-state index in [1.54, 1.807) is 20.8 Å². The highest BCUT2D eigenvalue weighted by Crippen LogP contribution is 2.26. The zero-order valence-electron chi connectivity index (χ0n) is 10.4. The first-order valence-electron chi connectivity index (χ1n) is 5.71. The molecule has 0 saturated heterocycles. The van der Waals surface area contributed by atoms with Crippen LogP contribution in [0, 0.1) is 5.92 Å². The summed E-state index contributed by atoms with van der Waals surface area (Å²) >= 11 is 0. The number of alkyl carbamates (subject to hydrolysis) is 1. The first-order valence-corrected chi connectivity index (χ1v) is 5.71. The summed E-state index contributed by atoms with van der Waals surface area (Å²) < 4.78 is 5.05. The molecule has 0 aromatic carbocycles. The van der Waals surface area contributed by atoms with Gasteiger partial charge in [-0.15, -0.1) is 0 Å². The summed E-state index contributed by atoms with van der Waals surface area (Å²) in [5, 5.41) is 30.7. The molecule has 0 bridgehead atoms. The van der Waals surface area contributed by atoms with Crippen molar-refractivity contribution in [3.63, 3.8) is 0 Å². The van der Waals surface area contributed by atoms with Gasteiger partial charge < -0.3 is 25.4 Å². The first kappa shape index (κ1) is 14.2. The van der Waals surface area contributed by atoms with Gasteiger partial charge in [0.15, 0.2) is 0 Å². The Morgan fingerprint density at radius 3 is 2.35 bits per heavy atom. The van der Waals surface area contributed by atoms with Crippen molar-refractivity contribution in [2.24, 2.45) is 5.92 Å². The van der Waals surface area contributed by atoms with Crippen molar-refractivity contribution < 1.29 is 24.9 Å². The second-order valence-corrected chi connectivity index (χ2v) is 5.41. The Balaban J connectivity index is 2.50. The van der Waals surface area contributed by atoms with E-state index < -0.39 is 35.9 Å². The minimum absolute atomic E-state index is 0.218. The molecule has 6 nitrogen and oxygen atoms in total. The largest absolute Gasteiger partial charge is 0.444 e. The van der Waals surface area contributed by atoms with Gasteiger partial charge >= 0.3 is 6.09 Å². The molecule has 1 aliphatic rings. The molecule has 1 rings (SSSR count). The van der Waals surface area contributed by atoms with Gasteiger partial charge in [0.25, 0.3) is 0 Å². The van der Waals surface area contributed by atoms with Gasteiger partial charge in [-0.25, -0.2) is 4.79 Å². The Labute approximate surface area is 101 Å². The van der Waals surface area contributed by atoms with Crippen LogP contribution in [0.2, 0.25) is 0 Å². The second kappa shape index (κ2) is 5.20. The van der Waals surface area contributed by atoms with E-state index in [1.807, 2.05) is 0 Å². The maximum Gasteiger partial charge on any atom is 0.407 e. The van der Waals surface area contributed by atoms with Gasteiger partial charge in [-0.1, -0.05) is 0 Å². The van der Waals surface area contributed by atoms with E-state index in [9.17, 15) is 15.0 Å². The van der Waals surface area contributed by atoms with Gasteiger partial charge in [0.05, 0.1) is 12.1 Å². The lowest BCUT2D eigenvalue weighted by Gasteiger charge is -2.23. The summed E-state index contributed by atoms with van der Waals surface area (Å²) in [4.78, 5) is 11.5. The lowest BCUT2D eigenvalue weighted by Crippen LogP contribution is -2.45. The fraction of sp³-hybridized carbons (Fsp3) is 0.909. The molecule has 1 amide bonds. The number of ether oxygens (including phenoxy) is 1. The smallest absolute Gasteiger partial charge is 0.407 e. The van der Waals surface area contributed by atoms with Crippen molar-refractivity contribution >= 4 is 6.09 Å². The third-order valence-electron chi connectivity index (χ3n) is 2.74. The van der Waals surface area contributed by atoms with Crippen molar-refractivity contribution in [2.45, 2.75) is 51.0 Å². The molecule has 6 heteroatoms. The Kier molecular flexibility index (Phi) is 4.35. The minimum atomic E-state index is -1.07. The summed E-state index contributed by atoms with van der Waals surface area (Å²) in [5.74, 6) is -0.412. The summed E-state index contributed by atoms with van der Waals surface area (Å²) in [5.41, 5.74) is -0.608. The zero-order valence-corrected chi connectivity index (χ0v) is 10.4. The lowest BCUT2D eigenvalue weighted by atomic mass is 10.1. The van der Waals surface area contributed by atoms with Gasteiger partial charge in [-0.2, -0.15) is 0 Å². The molecule has 1 fully saturated rings. The molecular formula is C11H21NO5. The van der Waals surface area contributed by atoms with Crippen LogP contribution >= 0.6 is 0 Å². The maximum absolute atomic E-state index is 11.5. The Bertz CT molecular complexity index is 276. The summed E-state index contributed by atoms with van der Waals surface area (Å²) in [6.07, 6.45) is -2.38. The van der Waals surface area contributed by atoms with Crippen LogP contribution in [0.25, 0.3) is 0 Å². The fourth-order valence-electron chi connectivity index (χ4n) is 1.91. The number of hydrogen-bond acceptors (Lipinski definition) is 5. The van der Waals surface area contributed by atoms with Crippen LogP contribution in [0.15, 0.2) is 0 Å². The predicted octanol–water partition coefficient (Wildman–Crippen LogP) is -0.386. The van der Waals surface area contributed by atoms with Gasteiger partial charge in [-0.3, -0.25) is 0 Å². The molecule has 0 aromatic heterocycles. The van der Waals surface area contributed by atoms with E-state index in [-0.39, 0.29) is 6.61 Å². The monoisotopic (exact) mass is 247 g/mol. The van der Waals surface area contributed by atoms with Crippen LogP contribution < -0.4 is 5.32 Å². The Morgan fingerprint density at radius 2 is 1.94 bits per heavy atom. The molecule has 0 radical (unpaired) electrons. The lowest BCUT2D eigenvalue weighted by molar-refractivity contribution is -0.00266. The number of hydrogen-bond donors (Lipinski definition) is 4. The first-order chi connectivity index (χ1) is 7.74. The molecule has 0 heterocycles. The van der Waals surface area contributed by atoms with Crippen molar-refractivity contribution in [1.82, 2.24) is 5.32 Å². The highest BCUT2D eigenvalue weighted by Gasteiger charge is 2.42. The molecule has 0 unspecified atom stereocenters. The molecule has 1 saturated carbocycles. The second-order valence-electron chi connectivity index (χ2n) is 5.41. The third-order valence-corrected chi connectivity index (χ3v) is 2.74. The molecule has 100 valence electrons. The molecule has 4 atom stereocenters. The molecule has 0 aromatic rings. The SMILES string of the molecule is CC(C)(C)OC(=O)N[C@@H]1C[C@@H](CO)[C@@H](O)[C@H]1O. The number of amides is 1. The highest BCUT2D eigenvalue weighted by atomic mass is 16.6. The van der Waals surface area contributed by atoms with Crippen LogP contribution in [0.5, 0.6) is 0 Å². The van der Waals surface area contributed by atoms with Crippen molar-refractivity contribution in [3.05, 3.63) is 0 Å². The van der Waals surface area contributed by atoms with Gasteiger partial charge in [-0.05, 0) is 27.2 Å². The molecule has 0 spiro atoms. The highest BCUT2D eigenvalue weighted by molar-refractivity contribution is 5.68. The van der Waals surface area contributed by atoms with Crippen LogP contribution in [-0.4, -0.2) is 51.9 Å². The van der Waals surface area contributed by atoms with Gasteiger partial charge in [0, 0.05) is 12.5 Å².